The highest BCUT2D eigenvalue weighted by Crippen LogP contribution is 2.21. The molecule has 6 heteroatoms. The molecule has 0 aliphatic carbocycles. The third-order valence-corrected chi connectivity index (χ3v) is 6.03. The topological polar surface area (TPSA) is 49.4 Å². The monoisotopic (exact) mass is 432 g/mol. The zero-order valence-electron chi connectivity index (χ0n) is 17.4. The Kier molecular flexibility index (Phi) is 9.05. The first kappa shape index (κ1) is 23.3. The third-order valence-electron chi connectivity index (χ3n) is 4.79. The molecule has 2 aromatic rings. The number of aryl methyl sites for hydroxylation is 1. The summed E-state index contributed by atoms with van der Waals surface area (Å²) in [5.74, 6) is 0.0438. The van der Waals surface area contributed by atoms with E-state index in [1.165, 1.54) is 17.3 Å². The van der Waals surface area contributed by atoms with Crippen LogP contribution in [0.5, 0.6) is 0 Å². The lowest BCUT2D eigenvalue weighted by molar-refractivity contribution is -0.138. The lowest BCUT2D eigenvalue weighted by Crippen LogP contribution is -2.50. The molecule has 2 amide bonds. The molecule has 0 heterocycles. The molecule has 0 aliphatic heterocycles. The van der Waals surface area contributed by atoms with Crippen molar-refractivity contribution < 1.29 is 9.59 Å². The van der Waals surface area contributed by atoms with Crippen molar-refractivity contribution in [1.29, 1.82) is 0 Å². The SMILES string of the molecule is CCC(C)NC(=O)C(C)N(Cc1cccc(Cl)c1)C(=O)CSc1ccc(C)cc1. The maximum Gasteiger partial charge on any atom is 0.242 e. The average molecular weight is 433 g/mol. The molecule has 0 saturated heterocycles. The fourth-order valence-electron chi connectivity index (χ4n) is 2.74. The van der Waals surface area contributed by atoms with Crippen molar-refractivity contribution in [1.82, 2.24) is 10.2 Å². The van der Waals surface area contributed by atoms with Crippen LogP contribution in [0.3, 0.4) is 0 Å². The predicted octanol–water partition coefficient (Wildman–Crippen LogP) is 5.07. The van der Waals surface area contributed by atoms with Crippen LogP contribution in [-0.2, 0) is 16.1 Å². The standard InChI is InChI=1S/C23H29ClN2O2S/c1-5-17(3)25-23(28)18(4)26(14-19-7-6-8-20(24)13-19)22(27)15-29-21-11-9-16(2)10-12-21/h6-13,17-18H,5,14-15H2,1-4H3,(H,25,28). The van der Waals surface area contributed by atoms with Gasteiger partial charge in [-0.3, -0.25) is 9.59 Å². The Morgan fingerprint density at radius 1 is 1.14 bits per heavy atom. The largest absolute Gasteiger partial charge is 0.352 e. The average Bonchev–Trinajstić information content (AvgIpc) is 2.70. The molecule has 0 aliphatic rings. The number of hydrogen-bond donors (Lipinski definition) is 1. The smallest absolute Gasteiger partial charge is 0.242 e. The number of carbonyl (C=O) groups excluding carboxylic acids is 2. The zero-order chi connectivity index (χ0) is 21.4. The van der Waals surface area contributed by atoms with Crippen LogP contribution in [0.15, 0.2) is 53.4 Å². The van der Waals surface area contributed by atoms with Gasteiger partial charge in [0, 0.05) is 22.5 Å². The number of hydrogen-bond acceptors (Lipinski definition) is 3. The molecule has 156 valence electrons. The second-order valence-corrected chi connectivity index (χ2v) is 8.73. The van der Waals surface area contributed by atoms with Gasteiger partial charge in [0.25, 0.3) is 0 Å². The Morgan fingerprint density at radius 3 is 2.45 bits per heavy atom. The number of halogens is 1. The number of carbonyl (C=O) groups is 2. The Morgan fingerprint density at radius 2 is 1.83 bits per heavy atom. The van der Waals surface area contributed by atoms with E-state index in [4.69, 9.17) is 11.6 Å². The Hall–Kier alpha value is -1.98. The van der Waals surface area contributed by atoms with Crippen LogP contribution < -0.4 is 5.32 Å². The minimum Gasteiger partial charge on any atom is -0.352 e. The van der Waals surface area contributed by atoms with E-state index in [9.17, 15) is 9.59 Å². The summed E-state index contributed by atoms with van der Waals surface area (Å²) >= 11 is 7.58. The lowest BCUT2D eigenvalue weighted by Gasteiger charge is -2.29. The van der Waals surface area contributed by atoms with Gasteiger partial charge in [-0.2, -0.15) is 0 Å². The Labute approximate surface area is 183 Å². The van der Waals surface area contributed by atoms with E-state index in [-0.39, 0.29) is 23.6 Å². The summed E-state index contributed by atoms with van der Waals surface area (Å²) in [5.41, 5.74) is 2.08. The van der Waals surface area contributed by atoms with Crippen molar-refractivity contribution >= 4 is 35.2 Å². The van der Waals surface area contributed by atoms with Gasteiger partial charge in [0.05, 0.1) is 5.75 Å². The summed E-state index contributed by atoms with van der Waals surface area (Å²) in [4.78, 5) is 28.4. The molecule has 0 fully saturated rings. The maximum atomic E-state index is 13.1. The van der Waals surface area contributed by atoms with E-state index in [0.29, 0.717) is 11.6 Å². The van der Waals surface area contributed by atoms with Crippen molar-refractivity contribution in [2.24, 2.45) is 0 Å². The van der Waals surface area contributed by atoms with Gasteiger partial charge in [-0.05, 0) is 57.0 Å². The molecule has 2 rings (SSSR count). The van der Waals surface area contributed by atoms with Gasteiger partial charge in [-0.25, -0.2) is 0 Å². The quantitative estimate of drug-likeness (QED) is 0.562. The molecule has 2 aromatic carbocycles. The Balaban J connectivity index is 2.14. The first-order valence-electron chi connectivity index (χ1n) is 9.84. The van der Waals surface area contributed by atoms with Crippen molar-refractivity contribution in [2.75, 3.05) is 5.75 Å². The van der Waals surface area contributed by atoms with Crippen LogP contribution in [0.4, 0.5) is 0 Å². The summed E-state index contributed by atoms with van der Waals surface area (Å²) in [7, 11) is 0. The number of benzene rings is 2. The van der Waals surface area contributed by atoms with Gasteiger partial charge in [0.15, 0.2) is 0 Å². The second-order valence-electron chi connectivity index (χ2n) is 7.25. The number of nitrogens with zero attached hydrogens (tertiary/aromatic N) is 1. The number of thioether (sulfide) groups is 1. The molecule has 0 bridgehead atoms. The van der Waals surface area contributed by atoms with Crippen LogP contribution in [0.1, 0.15) is 38.3 Å². The molecule has 2 atom stereocenters. The minimum absolute atomic E-state index is 0.0648. The van der Waals surface area contributed by atoms with Gasteiger partial charge in [-0.1, -0.05) is 48.4 Å². The fourth-order valence-corrected chi connectivity index (χ4v) is 3.74. The van der Waals surface area contributed by atoms with E-state index in [1.807, 2.05) is 63.2 Å². The first-order chi connectivity index (χ1) is 13.8. The van der Waals surface area contributed by atoms with Crippen molar-refractivity contribution in [3.05, 3.63) is 64.7 Å². The summed E-state index contributed by atoms with van der Waals surface area (Å²) in [5, 5.41) is 3.59. The summed E-state index contributed by atoms with van der Waals surface area (Å²) in [6, 6.07) is 14.9. The highest BCUT2D eigenvalue weighted by Gasteiger charge is 2.26. The molecular formula is C23H29ClN2O2S. The van der Waals surface area contributed by atoms with Crippen molar-refractivity contribution in [3.8, 4) is 0 Å². The van der Waals surface area contributed by atoms with E-state index in [2.05, 4.69) is 5.32 Å². The summed E-state index contributed by atoms with van der Waals surface area (Å²) in [6.07, 6.45) is 0.837. The van der Waals surface area contributed by atoms with E-state index in [0.717, 1.165) is 16.9 Å². The molecule has 0 spiro atoms. The van der Waals surface area contributed by atoms with Crippen LogP contribution in [0, 0.1) is 6.92 Å². The van der Waals surface area contributed by atoms with E-state index in [1.54, 1.807) is 17.9 Å². The van der Waals surface area contributed by atoms with Crippen LogP contribution in [0.25, 0.3) is 0 Å². The normalized spacial score (nSPS) is 12.9. The molecule has 29 heavy (non-hydrogen) atoms. The summed E-state index contributed by atoms with van der Waals surface area (Å²) in [6.45, 7) is 8.12. The number of rotatable bonds is 9. The van der Waals surface area contributed by atoms with Crippen LogP contribution >= 0.6 is 23.4 Å². The number of amides is 2. The summed E-state index contributed by atoms with van der Waals surface area (Å²) < 4.78 is 0. The van der Waals surface area contributed by atoms with Crippen LogP contribution in [-0.4, -0.2) is 34.6 Å². The van der Waals surface area contributed by atoms with Gasteiger partial charge >= 0.3 is 0 Å². The second kappa shape index (κ2) is 11.3. The first-order valence-corrected chi connectivity index (χ1v) is 11.2. The molecular weight excluding hydrogens is 404 g/mol. The minimum atomic E-state index is -0.575. The molecule has 0 saturated carbocycles. The molecule has 0 radical (unpaired) electrons. The highest BCUT2D eigenvalue weighted by molar-refractivity contribution is 8.00. The van der Waals surface area contributed by atoms with Gasteiger partial charge < -0.3 is 10.2 Å². The molecule has 4 nitrogen and oxygen atoms in total. The fraction of sp³-hybridized carbons (Fsp3) is 0.391. The highest BCUT2D eigenvalue weighted by atomic mass is 35.5. The van der Waals surface area contributed by atoms with Crippen molar-refractivity contribution in [3.63, 3.8) is 0 Å². The van der Waals surface area contributed by atoms with E-state index < -0.39 is 6.04 Å². The number of nitrogens with one attached hydrogen (secondary N) is 1. The van der Waals surface area contributed by atoms with Gasteiger partial charge in [-0.15, -0.1) is 11.8 Å². The molecule has 1 N–H and O–H groups in total. The molecule has 2 unspecified atom stereocenters. The zero-order valence-corrected chi connectivity index (χ0v) is 19.0. The van der Waals surface area contributed by atoms with Gasteiger partial charge in [0.2, 0.25) is 11.8 Å². The van der Waals surface area contributed by atoms with Crippen LogP contribution in [0.2, 0.25) is 5.02 Å². The molecule has 0 aromatic heterocycles. The van der Waals surface area contributed by atoms with E-state index >= 15 is 0 Å². The van der Waals surface area contributed by atoms with Gasteiger partial charge in [0.1, 0.15) is 6.04 Å². The lowest BCUT2D eigenvalue weighted by atomic mass is 10.1. The Bertz CT molecular complexity index is 826. The third kappa shape index (κ3) is 7.41. The maximum absolute atomic E-state index is 13.1. The predicted molar refractivity (Wildman–Crippen MR) is 121 cm³/mol. The van der Waals surface area contributed by atoms with Crippen molar-refractivity contribution in [2.45, 2.75) is 57.6 Å².